The van der Waals surface area contributed by atoms with Crippen molar-refractivity contribution in [1.82, 2.24) is 14.9 Å². The highest BCUT2D eigenvalue weighted by Crippen LogP contribution is 2.22. The molecule has 0 fully saturated rings. The van der Waals surface area contributed by atoms with Gasteiger partial charge < -0.3 is 9.88 Å². The average molecular weight is 504 g/mol. The standard InChI is InChI=1S/C33H49N3O/c1-3-4-5-6-7-8-9-10-11-12-13-14-15-21-26-36-31-25-20-19-24-30(31)35-33(36)28(2)34-32(37)27-29-22-17-16-18-23-29/h16-20,22-25,28H,3-15,21,26-27H2,1-2H3,(H,34,37). The van der Waals surface area contributed by atoms with Crippen LogP contribution in [-0.4, -0.2) is 15.5 Å². The lowest BCUT2D eigenvalue weighted by molar-refractivity contribution is -0.121. The second-order valence-electron chi connectivity index (χ2n) is 10.7. The molecule has 1 N–H and O–H groups in total. The summed E-state index contributed by atoms with van der Waals surface area (Å²) in [5.41, 5.74) is 3.20. The minimum absolute atomic E-state index is 0.0359. The molecule has 4 heteroatoms. The minimum atomic E-state index is -0.129. The maximum atomic E-state index is 12.7. The van der Waals surface area contributed by atoms with Crippen molar-refractivity contribution in [3.8, 4) is 0 Å². The van der Waals surface area contributed by atoms with Gasteiger partial charge in [-0.2, -0.15) is 0 Å². The summed E-state index contributed by atoms with van der Waals surface area (Å²) >= 11 is 0. The van der Waals surface area contributed by atoms with Gasteiger partial charge in [0.2, 0.25) is 5.91 Å². The molecular formula is C33H49N3O. The fourth-order valence-electron chi connectivity index (χ4n) is 5.26. The molecule has 0 saturated carbocycles. The van der Waals surface area contributed by atoms with E-state index in [0.29, 0.717) is 6.42 Å². The maximum absolute atomic E-state index is 12.7. The number of aryl methyl sites for hydroxylation is 1. The highest BCUT2D eigenvalue weighted by atomic mass is 16.1. The van der Waals surface area contributed by atoms with Crippen LogP contribution in [0.2, 0.25) is 0 Å². The Morgan fingerprint density at radius 1 is 0.757 bits per heavy atom. The van der Waals surface area contributed by atoms with Gasteiger partial charge in [-0.25, -0.2) is 4.98 Å². The first-order valence-corrected chi connectivity index (χ1v) is 15.0. The summed E-state index contributed by atoms with van der Waals surface area (Å²) in [6, 6.07) is 18.1. The number of benzene rings is 2. The van der Waals surface area contributed by atoms with E-state index in [4.69, 9.17) is 4.98 Å². The third-order valence-corrected chi connectivity index (χ3v) is 7.39. The molecule has 0 radical (unpaired) electrons. The van der Waals surface area contributed by atoms with Crippen molar-refractivity contribution in [2.24, 2.45) is 0 Å². The summed E-state index contributed by atoms with van der Waals surface area (Å²) in [6.45, 7) is 5.28. The lowest BCUT2D eigenvalue weighted by atomic mass is 10.0. The quantitative estimate of drug-likeness (QED) is 0.166. The van der Waals surface area contributed by atoms with Gasteiger partial charge in [-0.3, -0.25) is 4.79 Å². The fraction of sp³-hybridized carbons (Fsp3) is 0.576. The first-order chi connectivity index (χ1) is 18.2. The molecule has 3 rings (SSSR count). The monoisotopic (exact) mass is 503 g/mol. The number of aromatic nitrogens is 2. The molecule has 3 aromatic rings. The number of hydrogen-bond donors (Lipinski definition) is 1. The van der Waals surface area contributed by atoms with Gasteiger partial charge in [-0.05, 0) is 31.0 Å². The molecule has 0 aliphatic rings. The Labute approximate surface area is 225 Å². The van der Waals surface area contributed by atoms with Crippen LogP contribution >= 0.6 is 0 Å². The van der Waals surface area contributed by atoms with Gasteiger partial charge in [0.1, 0.15) is 5.82 Å². The zero-order chi connectivity index (χ0) is 26.1. The Bertz CT molecular complexity index is 1030. The highest BCUT2D eigenvalue weighted by molar-refractivity contribution is 5.79. The number of nitrogens with one attached hydrogen (secondary N) is 1. The normalized spacial score (nSPS) is 12.2. The van der Waals surface area contributed by atoms with Crippen LogP contribution in [0.25, 0.3) is 11.0 Å². The summed E-state index contributed by atoms with van der Waals surface area (Å²) in [6.07, 6.45) is 19.5. The molecular weight excluding hydrogens is 454 g/mol. The smallest absolute Gasteiger partial charge is 0.224 e. The second-order valence-corrected chi connectivity index (χ2v) is 10.7. The number of nitrogens with zero attached hydrogens (tertiary/aromatic N) is 2. The minimum Gasteiger partial charge on any atom is -0.346 e. The first kappa shape index (κ1) is 28.9. The van der Waals surface area contributed by atoms with Crippen molar-refractivity contribution < 1.29 is 4.79 Å². The maximum Gasteiger partial charge on any atom is 0.224 e. The lowest BCUT2D eigenvalue weighted by Crippen LogP contribution is -2.30. The van der Waals surface area contributed by atoms with Crippen molar-refractivity contribution in [3.63, 3.8) is 0 Å². The van der Waals surface area contributed by atoms with Crippen molar-refractivity contribution in [2.45, 2.75) is 123 Å². The molecule has 2 aromatic carbocycles. The molecule has 1 unspecified atom stereocenters. The Kier molecular flexibility index (Phi) is 13.3. The van der Waals surface area contributed by atoms with Crippen LogP contribution < -0.4 is 5.32 Å². The molecule has 1 heterocycles. The number of unbranched alkanes of at least 4 members (excludes halogenated alkanes) is 13. The number of amides is 1. The molecule has 0 aliphatic heterocycles. The molecule has 202 valence electrons. The fourth-order valence-corrected chi connectivity index (χ4v) is 5.26. The van der Waals surface area contributed by atoms with Crippen LogP contribution in [0.15, 0.2) is 54.6 Å². The Morgan fingerprint density at radius 2 is 1.30 bits per heavy atom. The van der Waals surface area contributed by atoms with Gasteiger partial charge >= 0.3 is 0 Å². The van der Waals surface area contributed by atoms with E-state index in [9.17, 15) is 4.79 Å². The van der Waals surface area contributed by atoms with E-state index in [1.807, 2.05) is 43.3 Å². The molecule has 4 nitrogen and oxygen atoms in total. The van der Waals surface area contributed by atoms with Crippen molar-refractivity contribution in [3.05, 3.63) is 66.0 Å². The summed E-state index contributed by atoms with van der Waals surface area (Å²) in [7, 11) is 0. The van der Waals surface area contributed by atoms with Gasteiger partial charge in [0.15, 0.2) is 0 Å². The molecule has 0 saturated heterocycles. The van der Waals surface area contributed by atoms with E-state index in [1.54, 1.807) is 0 Å². The number of carbonyl (C=O) groups is 1. The number of fused-ring (bicyclic) bond motifs is 1. The van der Waals surface area contributed by atoms with Crippen molar-refractivity contribution in [1.29, 1.82) is 0 Å². The number of carbonyl (C=O) groups excluding carboxylic acids is 1. The van der Waals surface area contributed by atoms with E-state index < -0.39 is 0 Å². The van der Waals surface area contributed by atoms with Crippen LogP contribution in [-0.2, 0) is 17.8 Å². The summed E-state index contributed by atoms with van der Waals surface area (Å²) in [4.78, 5) is 17.6. The molecule has 0 spiro atoms. The third kappa shape index (κ3) is 10.3. The summed E-state index contributed by atoms with van der Waals surface area (Å²) < 4.78 is 2.32. The van der Waals surface area contributed by atoms with Crippen LogP contribution in [0.4, 0.5) is 0 Å². The molecule has 1 atom stereocenters. The van der Waals surface area contributed by atoms with E-state index in [2.05, 4.69) is 35.0 Å². The molecule has 0 aliphatic carbocycles. The topological polar surface area (TPSA) is 46.9 Å². The first-order valence-electron chi connectivity index (χ1n) is 15.0. The zero-order valence-electron chi connectivity index (χ0n) is 23.4. The van der Waals surface area contributed by atoms with Crippen LogP contribution in [0.1, 0.15) is 121 Å². The average Bonchev–Trinajstić information content (AvgIpc) is 3.28. The predicted molar refractivity (Wildman–Crippen MR) is 157 cm³/mol. The predicted octanol–water partition coefficient (Wildman–Crippen LogP) is 8.94. The number of rotatable bonds is 19. The van der Waals surface area contributed by atoms with Crippen LogP contribution in [0.5, 0.6) is 0 Å². The van der Waals surface area contributed by atoms with Gasteiger partial charge in [0.05, 0.1) is 23.5 Å². The number of imidazole rings is 1. The Balaban J connectivity index is 1.38. The molecule has 37 heavy (non-hydrogen) atoms. The second kappa shape index (κ2) is 17.0. The molecule has 1 aromatic heterocycles. The number of para-hydroxylation sites is 2. The summed E-state index contributed by atoms with van der Waals surface area (Å²) in [5, 5.41) is 3.18. The Morgan fingerprint density at radius 3 is 1.92 bits per heavy atom. The largest absolute Gasteiger partial charge is 0.346 e. The van der Waals surface area contributed by atoms with Crippen LogP contribution in [0.3, 0.4) is 0 Å². The van der Waals surface area contributed by atoms with Crippen LogP contribution in [0, 0.1) is 0 Å². The van der Waals surface area contributed by atoms with Gasteiger partial charge in [-0.1, -0.05) is 133 Å². The summed E-state index contributed by atoms with van der Waals surface area (Å²) in [5.74, 6) is 0.992. The Hall–Kier alpha value is -2.62. The van der Waals surface area contributed by atoms with E-state index >= 15 is 0 Å². The van der Waals surface area contributed by atoms with Gasteiger partial charge in [0, 0.05) is 6.54 Å². The zero-order valence-corrected chi connectivity index (χ0v) is 23.4. The third-order valence-electron chi connectivity index (χ3n) is 7.39. The van der Waals surface area contributed by atoms with Gasteiger partial charge in [-0.15, -0.1) is 0 Å². The van der Waals surface area contributed by atoms with Gasteiger partial charge in [0.25, 0.3) is 0 Å². The molecule has 0 bridgehead atoms. The van der Waals surface area contributed by atoms with Crippen molar-refractivity contribution >= 4 is 16.9 Å². The molecule has 1 amide bonds. The van der Waals surface area contributed by atoms with E-state index in [1.165, 1.54) is 83.5 Å². The van der Waals surface area contributed by atoms with E-state index in [-0.39, 0.29) is 11.9 Å². The highest BCUT2D eigenvalue weighted by Gasteiger charge is 2.18. The lowest BCUT2D eigenvalue weighted by Gasteiger charge is -2.16. The van der Waals surface area contributed by atoms with Crippen molar-refractivity contribution in [2.75, 3.05) is 0 Å². The number of hydrogen-bond acceptors (Lipinski definition) is 2. The SMILES string of the molecule is CCCCCCCCCCCCCCCCn1c(C(C)NC(=O)Cc2ccccc2)nc2ccccc21. The van der Waals surface area contributed by atoms with E-state index in [0.717, 1.165) is 35.4 Å².